The van der Waals surface area contributed by atoms with E-state index in [0.717, 1.165) is 12.8 Å². The van der Waals surface area contributed by atoms with E-state index >= 15 is 0 Å². The van der Waals surface area contributed by atoms with E-state index in [1.54, 1.807) is 0 Å². The van der Waals surface area contributed by atoms with Crippen LogP contribution < -0.4 is 5.32 Å². The van der Waals surface area contributed by atoms with Crippen molar-refractivity contribution in [3.63, 3.8) is 0 Å². The van der Waals surface area contributed by atoms with Crippen molar-refractivity contribution in [2.45, 2.75) is 70.5 Å². The lowest BCUT2D eigenvalue weighted by Gasteiger charge is -2.66. The van der Waals surface area contributed by atoms with Gasteiger partial charge in [-0.05, 0) is 30.6 Å². The van der Waals surface area contributed by atoms with Gasteiger partial charge in [-0.15, -0.1) is 0 Å². The molecule has 0 aromatic rings. The van der Waals surface area contributed by atoms with Crippen LogP contribution in [-0.2, 0) is 4.79 Å². The summed E-state index contributed by atoms with van der Waals surface area (Å²) in [6.45, 7) is 6.69. The Labute approximate surface area is 115 Å². The van der Waals surface area contributed by atoms with Crippen LogP contribution in [0.4, 0.5) is 4.39 Å². The fourth-order valence-electron chi connectivity index (χ4n) is 4.65. The average molecular weight is 267 g/mol. The van der Waals surface area contributed by atoms with Crippen LogP contribution in [0, 0.1) is 23.7 Å². The highest BCUT2D eigenvalue weighted by Gasteiger charge is 2.70. The number of carbonyl (C=O) groups is 1. The largest absolute Gasteiger partial charge is 0.350 e. The third-order valence-electron chi connectivity index (χ3n) is 5.71. The Morgan fingerprint density at radius 2 is 1.89 bits per heavy atom. The summed E-state index contributed by atoms with van der Waals surface area (Å²) < 4.78 is 13.5. The Bertz CT molecular complexity index is 372. The monoisotopic (exact) mass is 267 g/mol. The molecule has 3 heteroatoms. The van der Waals surface area contributed by atoms with Gasteiger partial charge >= 0.3 is 0 Å². The number of nitrogens with one attached hydrogen (secondary N) is 1. The molecule has 4 fully saturated rings. The molecule has 4 rings (SSSR count). The van der Waals surface area contributed by atoms with Gasteiger partial charge in [-0.1, -0.05) is 27.2 Å². The molecule has 0 aromatic heterocycles. The van der Waals surface area contributed by atoms with Crippen LogP contribution in [0.3, 0.4) is 0 Å². The summed E-state index contributed by atoms with van der Waals surface area (Å²) >= 11 is 0. The molecule has 0 aromatic carbocycles. The highest BCUT2D eigenvalue weighted by Crippen LogP contribution is 2.63. The first-order valence-electron chi connectivity index (χ1n) is 7.83. The number of halogens is 1. The Morgan fingerprint density at radius 3 is 2.42 bits per heavy atom. The minimum atomic E-state index is -0.926. The maximum absolute atomic E-state index is 13.5. The second-order valence-corrected chi connectivity index (χ2v) is 7.88. The van der Waals surface area contributed by atoms with Crippen molar-refractivity contribution in [3.05, 3.63) is 0 Å². The maximum atomic E-state index is 13.5. The summed E-state index contributed by atoms with van der Waals surface area (Å²) in [5, 5.41) is 3.18. The number of rotatable bonds is 3. The molecule has 0 radical (unpaired) electrons. The van der Waals surface area contributed by atoms with Crippen LogP contribution in [0.15, 0.2) is 0 Å². The number of hydrogen-bond donors (Lipinski definition) is 1. The molecule has 3 atom stereocenters. The highest BCUT2D eigenvalue weighted by molar-refractivity contribution is 5.80. The molecular formula is C16H26FNO. The quantitative estimate of drug-likeness (QED) is 0.833. The van der Waals surface area contributed by atoms with Crippen LogP contribution in [0.1, 0.15) is 59.3 Å². The van der Waals surface area contributed by atoms with E-state index in [4.69, 9.17) is 0 Å². The molecule has 0 saturated heterocycles. The molecule has 19 heavy (non-hydrogen) atoms. The van der Waals surface area contributed by atoms with Gasteiger partial charge in [0.25, 0.3) is 0 Å². The van der Waals surface area contributed by atoms with Crippen LogP contribution in [0.5, 0.6) is 0 Å². The molecule has 0 spiro atoms. The third kappa shape index (κ3) is 2.19. The molecule has 4 saturated carbocycles. The molecule has 0 heterocycles. The van der Waals surface area contributed by atoms with Gasteiger partial charge < -0.3 is 5.32 Å². The smallest absolute Gasteiger partial charge is 0.223 e. The zero-order chi connectivity index (χ0) is 13.8. The van der Waals surface area contributed by atoms with Gasteiger partial charge in [-0.3, -0.25) is 4.79 Å². The molecular weight excluding hydrogens is 241 g/mol. The van der Waals surface area contributed by atoms with Crippen molar-refractivity contribution in [3.8, 4) is 0 Å². The van der Waals surface area contributed by atoms with Crippen molar-refractivity contribution < 1.29 is 9.18 Å². The number of carbonyl (C=O) groups excluding carboxylic acids is 1. The van der Waals surface area contributed by atoms with Crippen LogP contribution in [-0.4, -0.2) is 17.1 Å². The van der Waals surface area contributed by atoms with Crippen molar-refractivity contribution in [1.29, 1.82) is 0 Å². The first-order valence-corrected chi connectivity index (χ1v) is 7.83. The normalized spacial score (nSPS) is 48.4. The van der Waals surface area contributed by atoms with Crippen LogP contribution in [0.2, 0.25) is 0 Å². The minimum absolute atomic E-state index is 0.147. The summed E-state index contributed by atoms with van der Waals surface area (Å²) in [5.41, 5.74) is -1.08. The molecule has 4 aliphatic rings. The first-order chi connectivity index (χ1) is 8.83. The average Bonchev–Trinajstić information content (AvgIpc) is 2.24. The highest BCUT2D eigenvalue weighted by atomic mass is 19.1. The van der Waals surface area contributed by atoms with E-state index in [1.807, 2.05) is 0 Å². The summed E-state index contributed by atoms with van der Waals surface area (Å²) in [5.74, 6) is 2.05. The topological polar surface area (TPSA) is 29.1 Å². The van der Waals surface area contributed by atoms with Gasteiger partial charge in [0.15, 0.2) is 0 Å². The zero-order valence-corrected chi connectivity index (χ0v) is 12.3. The van der Waals surface area contributed by atoms with E-state index < -0.39 is 5.67 Å². The summed E-state index contributed by atoms with van der Waals surface area (Å²) in [6.07, 6.45) is 5.08. The second-order valence-electron chi connectivity index (χ2n) is 7.88. The summed E-state index contributed by atoms with van der Waals surface area (Å²) in [4.78, 5) is 12.6. The lowest BCUT2D eigenvalue weighted by Crippen LogP contribution is -2.77. The predicted octanol–water partition coefficient (Wildman–Crippen LogP) is 3.46. The van der Waals surface area contributed by atoms with Crippen LogP contribution >= 0.6 is 0 Å². The lowest BCUT2D eigenvalue weighted by atomic mass is 9.47. The van der Waals surface area contributed by atoms with Crippen molar-refractivity contribution >= 4 is 5.91 Å². The van der Waals surface area contributed by atoms with E-state index in [2.05, 4.69) is 26.1 Å². The van der Waals surface area contributed by atoms with Crippen molar-refractivity contribution in [1.82, 2.24) is 5.32 Å². The Hall–Kier alpha value is -0.600. The third-order valence-corrected chi connectivity index (χ3v) is 5.71. The van der Waals surface area contributed by atoms with E-state index in [1.165, 1.54) is 6.42 Å². The first kappa shape index (κ1) is 13.4. The Morgan fingerprint density at radius 1 is 1.26 bits per heavy atom. The molecule has 1 unspecified atom stereocenters. The number of alkyl halides is 1. The lowest BCUT2D eigenvalue weighted by molar-refractivity contribution is -0.178. The number of amides is 1. The van der Waals surface area contributed by atoms with Gasteiger partial charge in [0, 0.05) is 30.7 Å². The molecule has 2 bridgehead atoms. The molecule has 1 N–H and O–H groups in total. The van der Waals surface area contributed by atoms with Crippen molar-refractivity contribution in [2.24, 2.45) is 23.7 Å². The molecule has 0 aliphatic heterocycles. The predicted molar refractivity (Wildman–Crippen MR) is 73.4 cm³/mol. The molecule has 1 amide bonds. The number of hydrogen-bond acceptors (Lipinski definition) is 1. The van der Waals surface area contributed by atoms with Gasteiger partial charge in [-0.2, -0.15) is 0 Å². The second kappa shape index (κ2) is 4.20. The molecule has 4 aliphatic carbocycles. The van der Waals surface area contributed by atoms with E-state index in [0.29, 0.717) is 37.0 Å². The maximum Gasteiger partial charge on any atom is 0.223 e. The Balaban J connectivity index is 1.63. The fraction of sp³-hybridized carbons (Fsp3) is 0.938. The van der Waals surface area contributed by atoms with Gasteiger partial charge in [0.1, 0.15) is 5.67 Å². The van der Waals surface area contributed by atoms with Crippen molar-refractivity contribution in [2.75, 3.05) is 0 Å². The summed E-state index contributed by atoms with van der Waals surface area (Å²) in [7, 11) is 0. The minimum Gasteiger partial charge on any atom is -0.350 e. The SMILES string of the molecule is CC(C)[C@@H]1CC[C@@H](C)CC1C(=O)NC12CC(F)(C1)C2. The molecule has 108 valence electrons. The van der Waals surface area contributed by atoms with Gasteiger partial charge in [-0.25, -0.2) is 4.39 Å². The van der Waals surface area contributed by atoms with Gasteiger partial charge in [0.2, 0.25) is 5.91 Å². The van der Waals surface area contributed by atoms with Crippen LogP contribution in [0.25, 0.3) is 0 Å². The fourth-order valence-corrected chi connectivity index (χ4v) is 4.65. The van der Waals surface area contributed by atoms with E-state index in [9.17, 15) is 9.18 Å². The van der Waals surface area contributed by atoms with E-state index in [-0.39, 0.29) is 17.4 Å². The zero-order valence-electron chi connectivity index (χ0n) is 12.3. The van der Waals surface area contributed by atoms with Gasteiger partial charge in [0.05, 0.1) is 0 Å². The Kier molecular flexibility index (Phi) is 2.96. The molecule has 2 nitrogen and oxygen atoms in total. The summed E-state index contributed by atoms with van der Waals surface area (Å²) in [6, 6.07) is 0. The standard InChI is InChI=1S/C16H26FNO/c1-10(2)12-5-4-11(3)6-13(12)14(19)18-16-7-15(17,8-16)9-16/h10-13H,4-9H2,1-3H3,(H,18,19)/t11-,12+,13?,15?,16?/m1/s1.